The number of nitrogens with zero attached hydrogens (tertiary/aromatic N) is 1. The highest BCUT2D eigenvalue weighted by atomic mass is 14.9. The van der Waals surface area contributed by atoms with Crippen molar-refractivity contribution in [3.05, 3.63) is 70.9 Å². The van der Waals surface area contributed by atoms with Crippen LogP contribution >= 0.6 is 0 Å². The normalized spacial score (nSPS) is 17.6. The van der Waals surface area contributed by atoms with E-state index < -0.39 is 0 Å². The van der Waals surface area contributed by atoms with Crippen LogP contribution in [0.1, 0.15) is 48.1 Å². The van der Waals surface area contributed by atoms with Crippen molar-refractivity contribution in [2.45, 2.75) is 38.5 Å². The Balaban J connectivity index is 1.69. The Hall–Kier alpha value is -2.02. The first kappa shape index (κ1) is 13.6. The second-order valence-electron chi connectivity index (χ2n) is 6.76. The quantitative estimate of drug-likeness (QED) is 0.610. The topological polar surface area (TPSA) is 4.93 Å². The second-order valence-corrected chi connectivity index (χ2v) is 6.76. The molecule has 0 radical (unpaired) electrons. The lowest BCUT2D eigenvalue weighted by atomic mass is 9.83. The zero-order valence-corrected chi connectivity index (χ0v) is 13.5. The van der Waals surface area contributed by atoms with Crippen LogP contribution in [0.3, 0.4) is 0 Å². The summed E-state index contributed by atoms with van der Waals surface area (Å²) in [4.78, 5) is 0. The molecular weight excluding hydrogens is 266 g/mol. The molecule has 22 heavy (non-hydrogen) atoms. The van der Waals surface area contributed by atoms with Crippen molar-refractivity contribution in [3.8, 4) is 0 Å². The van der Waals surface area contributed by atoms with Crippen molar-refractivity contribution in [2.75, 3.05) is 0 Å². The molecular formula is C21H23N. The Bertz CT molecular complexity index is 825. The Labute approximate surface area is 132 Å². The van der Waals surface area contributed by atoms with E-state index in [0.29, 0.717) is 0 Å². The molecule has 2 aromatic carbocycles. The third kappa shape index (κ3) is 2.25. The molecule has 0 fully saturated rings. The first-order chi connectivity index (χ1) is 10.7. The highest BCUT2D eigenvalue weighted by Crippen LogP contribution is 2.32. The first-order valence-electron chi connectivity index (χ1n) is 8.37. The minimum atomic E-state index is 0.732. The van der Waals surface area contributed by atoms with Gasteiger partial charge in [-0.1, -0.05) is 43.3 Å². The fraction of sp³-hybridized carbons (Fsp3) is 0.333. The highest BCUT2D eigenvalue weighted by Gasteiger charge is 2.16. The smallest absolute Gasteiger partial charge is 0.0479 e. The molecule has 1 unspecified atom stereocenters. The number of hydrogen-bond donors (Lipinski definition) is 0. The van der Waals surface area contributed by atoms with Crippen LogP contribution in [-0.2, 0) is 19.9 Å². The molecule has 0 saturated carbocycles. The predicted octanol–water partition coefficient (Wildman–Crippen LogP) is 5.21. The summed E-state index contributed by atoms with van der Waals surface area (Å²) in [5.41, 5.74) is 7.31. The number of hydrogen-bond acceptors (Lipinski definition) is 0. The van der Waals surface area contributed by atoms with Crippen molar-refractivity contribution in [3.63, 3.8) is 0 Å². The van der Waals surface area contributed by atoms with Crippen LogP contribution in [-0.4, -0.2) is 4.57 Å². The number of rotatable bonds is 2. The van der Waals surface area contributed by atoms with Gasteiger partial charge in [-0.15, -0.1) is 0 Å². The summed E-state index contributed by atoms with van der Waals surface area (Å²) >= 11 is 0. The molecule has 1 aromatic heterocycles. The van der Waals surface area contributed by atoms with Gasteiger partial charge >= 0.3 is 0 Å². The molecule has 1 nitrogen and oxygen atoms in total. The number of para-hydroxylation sites is 1. The molecule has 1 aliphatic rings. The molecule has 3 aromatic rings. The molecule has 112 valence electrons. The minimum Gasteiger partial charge on any atom is -0.347 e. The van der Waals surface area contributed by atoms with E-state index in [1.807, 2.05) is 0 Å². The van der Waals surface area contributed by atoms with Gasteiger partial charge in [-0.25, -0.2) is 0 Å². The van der Waals surface area contributed by atoms with Gasteiger partial charge in [0.1, 0.15) is 0 Å². The molecule has 1 heteroatoms. The molecule has 1 heterocycles. The summed E-state index contributed by atoms with van der Waals surface area (Å²) < 4.78 is 2.33. The maximum Gasteiger partial charge on any atom is 0.0479 e. The van der Waals surface area contributed by atoms with Crippen LogP contribution < -0.4 is 0 Å². The monoisotopic (exact) mass is 289 g/mol. The molecule has 0 spiro atoms. The van der Waals surface area contributed by atoms with Crippen LogP contribution in [0.25, 0.3) is 10.9 Å². The number of benzene rings is 2. The first-order valence-corrected chi connectivity index (χ1v) is 8.37. The maximum atomic E-state index is 2.45. The highest BCUT2D eigenvalue weighted by molar-refractivity contribution is 5.81. The van der Waals surface area contributed by atoms with Crippen molar-refractivity contribution in [2.24, 2.45) is 7.05 Å². The average molecular weight is 289 g/mol. The van der Waals surface area contributed by atoms with Gasteiger partial charge in [0.15, 0.2) is 0 Å². The zero-order valence-electron chi connectivity index (χ0n) is 13.5. The zero-order chi connectivity index (χ0) is 15.1. The van der Waals surface area contributed by atoms with E-state index in [9.17, 15) is 0 Å². The van der Waals surface area contributed by atoms with Gasteiger partial charge in [0, 0.05) is 24.7 Å². The third-order valence-corrected chi connectivity index (χ3v) is 5.26. The van der Waals surface area contributed by atoms with Crippen molar-refractivity contribution in [1.29, 1.82) is 0 Å². The third-order valence-electron chi connectivity index (χ3n) is 5.26. The summed E-state index contributed by atoms with van der Waals surface area (Å²) in [6, 6.07) is 18.1. The van der Waals surface area contributed by atoms with E-state index in [4.69, 9.17) is 0 Å². The van der Waals surface area contributed by atoms with Gasteiger partial charge in [0.05, 0.1) is 0 Å². The number of aromatic nitrogens is 1. The van der Waals surface area contributed by atoms with Crippen LogP contribution in [0.5, 0.6) is 0 Å². The summed E-state index contributed by atoms with van der Waals surface area (Å²) in [7, 11) is 2.18. The Kier molecular flexibility index (Phi) is 3.29. The standard InChI is InChI=1S/C21H23N/c1-15-6-5-8-17-12-16(10-11-20(15)17)13-19-14-18-7-3-4-9-21(18)22(19)2/h3-4,7,9-12,14-15H,5-6,8,13H2,1-2H3. The largest absolute Gasteiger partial charge is 0.347 e. The number of fused-ring (bicyclic) bond motifs is 2. The number of aryl methyl sites for hydroxylation is 2. The summed E-state index contributed by atoms with van der Waals surface area (Å²) in [5, 5.41) is 1.34. The summed E-state index contributed by atoms with van der Waals surface area (Å²) in [6.07, 6.45) is 4.96. The molecule has 0 saturated heterocycles. The molecule has 1 atom stereocenters. The van der Waals surface area contributed by atoms with Gasteiger partial charge in [-0.05, 0) is 59.4 Å². The van der Waals surface area contributed by atoms with Crippen molar-refractivity contribution < 1.29 is 0 Å². The van der Waals surface area contributed by atoms with Gasteiger partial charge in [-0.2, -0.15) is 0 Å². The van der Waals surface area contributed by atoms with Crippen LogP contribution in [0.4, 0.5) is 0 Å². The van der Waals surface area contributed by atoms with Crippen LogP contribution in [0.15, 0.2) is 48.5 Å². The van der Waals surface area contributed by atoms with E-state index in [1.165, 1.54) is 41.4 Å². The van der Waals surface area contributed by atoms with E-state index >= 15 is 0 Å². The molecule has 0 N–H and O–H groups in total. The van der Waals surface area contributed by atoms with Gasteiger partial charge in [-0.3, -0.25) is 0 Å². The van der Waals surface area contributed by atoms with Gasteiger partial charge in [0.25, 0.3) is 0 Å². The SMILES string of the molecule is CC1CCCc2cc(Cc3cc4ccccc4n3C)ccc21. The van der Waals surface area contributed by atoms with Crippen LogP contribution in [0.2, 0.25) is 0 Å². The predicted molar refractivity (Wildman–Crippen MR) is 93.5 cm³/mol. The summed E-state index contributed by atoms with van der Waals surface area (Å²) in [6.45, 7) is 2.36. The lowest BCUT2D eigenvalue weighted by Gasteiger charge is -2.23. The van der Waals surface area contributed by atoms with Crippen molar-refractivity contribution in [1.82, 2.24) is 4.57 Å². The van der Waals surface area contributed by atoms with Gasteiger partial charge in [0.2, 0.25) is 0 Å². The Morgan fingerprint density at radius 2 is 1.95 bits per heavy atom. The second kappa shape index (κ2) is 5.31. The Morgan fingerprint density at radius 3 is 2.82 bits per heavy atom. The van der Waals surface area contributed by atoms with E-state index in [-0.39, 0.29) is 0 Å². The molecule has 0 amide bonds. The van der Waals surface area contributed by atoms with Crippen LogP contribution in [0, 0.1) is 0 Å². The van der Waals surface area contributed by atoms with Crippen molar-refractivity contribution >= 4 is 10.9 Å². The lowest BCUT2D eigenvalue weighted by Crippen LogP contribution is -2.08. The van der Waals surface area contributed by atoms with Gasteiger partial charge < -0.3 is 4.57 Å². The van der Waals surface area contributed by atoms with E-state index in [1.54, 1.807) is 11.1 Å². The minimum absolute atomic E-state index is 0.732. The Morgan fingerprint density at radius 1 is 1.09 bits per heavy atom. The molecule has 0 aliphatic heterocycles. The fourth-order valence-electron chi connectivity index (χ4n) is 3.95. The molecule has 0 bridgehead atoms. The molecule has 1 aliphatic carbocycles. The lowest BCUT2D eigenvalue weighted by molar-refractivity contribution is 0.589. The maximum absolute atomic E-state index is 2.45. The van der Waals surface area contributed by atoms with E-state index in [2.05, 4.69) is 67.1 Å². The average Bonchev–Trinajstić information content (AvgIpc) is 2.84. The fourth-order valence-corrected chi connectivity index (χ4v) is 3.95. The summed E-state index contributed by atoms with van der Waals surface area (Å²) in [5.74, 6) is 0.732. The van der Waals surface area contributed by atoms with E-state index in [0.717, 1.165) is 12.3 Å². The molecule has 4 rings (SSSR count).